The molecule has 0 aromatic heterocycles. The summed E-state index contributed by atoms with van der Waals surface area (Å²) < 4.78 is 0. The van der Waals surface area contributed by atoms with Gasteiger partial charge in [0.25, 0.3) is 0 Å². The molecule has 0 heterocycles. The van der Waals surface area contributed by atoms with E-state index in [1.807, 2.05) is 19.9 Å². The van der Waals surface area contributed by atoms with E-state index in [0.29, 0.717) is 0 Å². The molecule has 1 aromatic carbocycles. The van der Waals surface area contributed by atoms with Crippen LogP contribution in [0.4, 0.5) is 0 Å². The molecule has 0 amide bonds. The lowest BCUT2D eigenvalue weighted by Gasteiger charge is -2.03. The maximum absolute atomic E-state index is 9.39. The van der Waals surface area contributed by atoms with Crippen LogP contribution in [0.5, 0.6) is 11.5 Å². The van der Waals surface area contributed by atoms with E-state index in [1.165, 1.54) is 6.07 Å². The fourth-order valence-electron chi connectivity index (χ4n) is 1.01. The molecule has 0 atom stereocenters. The molecular formula is C10H12O2. The first-order chi connectivity index (χ1) is 5.65. The predicted octanol–water partition coefficient (Wildman–Crippen LogP) is 2.52. The Morgan fingerprint density at radius 3 is 2.50 bits per heavy atom. The molecule has 2 heteroatoms. The summed E-state index contributed by atoms with van der Waals surface area (Å²) in [6, 6.07) is 4.59. The molecular weight excluding hydrogens is 152 g/mol. The second-order valence-electron chi connectivity index (χ2n) is 2.67. The maximum atomic E-state index is 9.39. The topological polar surface area (TPSA) is 40.5 Å². The van der Waals surface area contributed by atoms with Crippen molar-refractivity contribution in [3.63, 3.8) is 0 Å². The highest BCUT2D eigenvalue weighted by molar-refractivity contribution is 5.69. The average Bonchev–Trinajstić information content (AvgIpc) is 2.03. The Kier molecular flexibility index (Phi) is 2.38. The van der Waals surface area contributed by atoms with E-state index in [0.717, 1.165) is 11.1 Å². The molecule has 0 radical (unpaired) electrons. The molecule has 1 rings (SSSR count). The first-order valence-electron chi connectivity index (χ1n) is 3.80. The van der Waals surface area contributed by atoms with Crippen LogP contribution in [0.25, 0.3) is 5.57 Å². The molecule has 12 heavy (non-hydrogen) atoms. The highest BCUT2D eigenvalue weighted by Crippen LogP contribution is 2.27. The minimum absolute atomic E-state index is 0.0835. The monoisotopic (exact) mass is 164 g/mol. The zero-order valence-electron chi connectivity index (χ0n) is 7.20. The third-order valence-corrected chi connectivity index (χ3v) is 1.84. The Morgan fingerprint density at radius 2 is 2.00 bits per heavy atom. The van der Waals surface area contributed by atoms with Gasteiger partial charge in [0.15, 0.2) is 0 Å². The number of allylic oxidation sites excluding steroid dienone is 2. The number of benzene rings is 1. The molecule has 64 valence electrons. The van der Waals surface area contributed by atoms with E-state index < -0.39 is 0 Å². The first kappa shape index (κ1) is 8.65. The standard InChI is InChI=1S/C10H12O2/c1-3-7(2)9-5-4-8(11)6-10(9)12/h3-6,11-12H,1-2H3/b7-3-. The fourth-order valence-corrected chi connectivity index (χ4v) is 1.01. The van der Waals surface area contributed by atoms with E-state index in [1.54, 1.807) is 12.1 Å². The van der Waals surface area contributed by atoms with E-state index in [2.05, 4.69) is 0 Å². The fraction of sp³-hybridized carbons (Fsp3) is 0.200. The number of phenols is 2. The Bertz CT molecular complexity index is 314. The van der Waals surface area contributed by atoms with Crippen LogP contribution in [0.3, 0.4) is 0 Å². The molecule has 2 nitrogen and oxygen atoms in total. The van der Waals surface area contributed by atoms with Crippen molar-refractivity contribution in [1.82, 2.24) is 0 Å². The van der Waals surface area contributed by atoms with Crippen molar-refractivity contribution >= 4 is 5.57 Å². The number of phenolic OH excluding ortho intramolecular Hbond substituents is 2. The van der Waals surface area contributed by atoms with Gasteiger partial charge < -0.3 is 10.2 Å². The predicted molar refractivity (Wildman–Crippen MR) is 49.1 cm³/mol. The maximum Gasteiger partial charge on any atom is 0.126 e. The lowest BCUT2D eigenvalue weighted by Crippen LogP contribution is -1.79. The Balaban J connectivity index is 3.18. The van der Waals surface area contributed by atoms with Crippen LogP contribution in [0.2, 0.25) is 0 Å². The second-order valence-corrected chi connectivity index (χ2v) is 2.67. The number of rotatable bonds is 1. The average molecular weight is 164 g/mol. The van der Waals surface area contributed by atoms with Crippen LogP contribution in [0, 0.1) is 0 Å². The van der Waals surface area contributed by atoms with Crippen LogP contribution in [0.15, 0.2) is 24.3 Å². The SMILES string of the molecule is C/C=C(/C)c1ccc(O)cc1O. The molecule has 0 spiro atoms. The summed E-state index contributed by atoms with van der Waals surface area (Å²) in [4.78, 5) is 0. The van der Waals surface area contributed by atoms with Crippen LogP contribution in [-0.2, 0) is 0 Å². The molecule has 0 saturated heterocycles. The lowest BCUT2D eigenvalue weighted by atomic mass is 10.1. The van der Waals surface area contributed by atoms with Crippen molar-refractivity contribution in [3.8, 4) is 11.5 Å². The van der Waals surface area contributed by atoms with Crippen LogP contribution in [0.1, 0.15) is 19.4 Å². The van der Waals surface area contributed by atoms with Crippen molar-refractivity contribution in [2.24, 2.45) is 0 Å². The summed E-state index contributed by atoms with van der Waals surface area (Å²) in [5.41, 5.74) is 1.75. The van der Waals surface area contributed by atoms with Gasteiger partial charge in [0, 0.05) is 11.6 Å². The van der Waals surface area contributed by atoms with E-state index in [4.69, 9.17) is 5.11 Å². The van der Waals surface area contributed by atoms with Gasteiger partial charge in [-0.25, -0.2) is 0 Å². The highest BCUT2D eigenvalue weighted by atomic mass is 16.3. The van der Waals surface area contributed by atoms with Crippen molar-refractivity contribution in [1.29, 1.82) is 0 Å². The third kappa shape index (κ3) is 1.59. The van der Waals surface area contributed by atoms with Gasteiger partial charge >= 0.3 is 0 Å². The Labute approximate surface area is 71.8 Å². The quantitative estimate of drug-likeness (QED) is 0.669. The van der Waals surface area contributed by atoms with Gasteiger partial charge in [0.2, 0.25) is 0 Å². The van der Waals surface area contributed by atoms with Gasteiger partial charge in [-0.3, -0.25) is 0 Å². The Hall–Kier alpha value is -1.44. The molecule has 1 aromatic rings. The smallest absolute Gasteiger partial charge is 0.126 e. The summed E-state index contributed by atoms with van der Waals surface area (Å²) in [6.07, 6.45) is 1.91. The molecule has 0 unspecified atom stereocenters. The summed E-state index contributed by atoms with van der Waals surface area (Å²) in [6.45, 7) is 3.81. The summed E-state index contributed by atoms with van der Waals surface area (Å²) >= 11 is 0. The molecule has 0 saturated carbocycles. The van der Waals surface area contributed by atoms with Gasteiger partial charge in [-0.05, 0) is 31.6 Å². The number of hydrogen-bond acceptors (Lipinski definition) is 2. The first-order valence-corrected chi connectivity index (χ1v) is 3.80. The Morgan fingerprint density at radius 1 is 1.33 bits per heavy atom. The summed E-state index contributed by atoms with van der Waals surface area (Å²) in [7, 11) is 0. The molecule has 0 fully saturated rings. The van der Waals surface area contributed by atoms with E-state index in [9.17, 15) is 5.11 Å². The molecule has 0 aliphatic carbocycles. The molecule has 0 aliphatic rings. The third-order valence-electron chi connectivity index (χ3n) is 1.84. The summed E-state index contributed by atoms with van der Waals surface area (Å²) in [5.74, 6) is 0.200. The van der Waals surface area contributed by atoms with Crippen molar-refractivity contribution in [2.45, 2.75) is 13.8 Å². The van der Waals surface area contributed by atoms with Crippen molar-refractivity contribution in [2.75, 3.05) is 0 Å². The summed E-state index contributed by atoms with van der Waals surface area (Å²) in [5, 5.41) is 18.4. The molecule has 0 bridgehead atoms. The van der Waals surface area contributed by atoms with Crippen molar-refractivity contribution < 1.29 is 10.2 Å². The second kappa shape index (κ2) is 3.30. The van der Waals surface area contributed by atoms with E-state index >= 15 is 0 Å². The number of hydrogen-bond donors (Lipinski definition) is 2. The van der Waals surface area contributed by atoms with Gasteiger partial charge in [-0.2, -0.15) is 0 Å². The van der Waals surface area contributed by atoms with Crippen LogP contribution < -0.4 is 0 Å². The lowest BCUT2D eigenvalue weighted by molar-refractivity contribution is 0.449. The number of aromatic hydroxyl groups is 2. The largest absolute Gasteiger partial charge is 0.508 e. The van der Waals surface area contributed by atoms with Crippen molar-refractivity contribution in [3.05, 3.63) is 29.8 Å². The normalized spacial score (nSPS) is 11.7. The zero-order chi connectivity index (χ0) is 9.14. The van der Waals surface area contributed by atoms with Crippen LogP contribution in [-0.4, -0.2) is 10.2 Å². The minimum Gasteiger partial charge on any atom is -0.508 e. The van der Waals surface area contributed by atoms with Crippen LogP contribution >= 0.6 is 0 Å². The molecule has 0 aliphatic heterocycles. The zero-order valence-corrected chi connectivity index (χ0v) is 7.20. The highest BCUT2D eigenvalue weighted by Gasteiger charge is 2.02. The molecule has 2 N–H and O–H groups in total. The van der Waals surface area contributed by atoms with E-state index in [-0.39, 0.29) is 11.5 Å². The minimum atomic E-state index is 0.0835. The van der Waals surface area contributed by atoms with Gasteiger partial charge in [-0.1, -0.05) is 6.08 Å². The van der Waals surface area contributed by atoms with Gasteiger partial charge in [0.1, 0.15) is 11.5 Å². The van der Waals surface area contributed by atoms with Gasteiger partial charge in [-0.15, -0.1) is 0 Å². The van der Waals surface area contributed by atoms with Gasteiger partial charge in [0.05, 0.1) is 0 Å².